The van der Waals surface area contributed by atoms with Gasteiger partial charge in [0.25, 0.3) is 0 Å². The van der Waals surface area contributed by atoms with E-state index in [9.17, 15) is 4.79 Å². The minimum Gasteiger partial charge on any atom is -0.481 e. The second-order valence-corrected chi connectivity index (χ2v) is 4.88. The molecule has 0 saturated heterocycles. The van der Waals surface area contributed by atoms with E-state index < -0.39 is 5.97 Å². The van der Waals surface area contributed by atoms with E-state index >= 15 is 0 Å². The van der Waals surface area contributed by atoms with E-state index in [-0.39, 0.29) is 6.42 Å². The highest BCUT2D eigenvalue weighted by Gasteiger charge is 2.16. The molecule has 1 N–H and O–H groups in total. The first-order valence-corrected chi connectivity index (χ1v) is 7.21. The largest absolute Gasteiger partial charge is 0.481 e. The van der Waals surface area contributed by atoms with Crippen LogP contribution in [-0.4, -0.2) is 21.3 Å². The Morgan fingerprint density at radius 2 is 2.05 bits per heavy atom. The summed E-state index contributed by atoms with van der Waals surface area (Å²) in [5.74, 6) is 0.983. The lowest BCUT2D eigenvalue weighted by Gasteiger charge is -2.08. The predicted molar refractivity (Wildman–Crippen MR) is 72.0 cm³/mol. The normalized spacial score (nSPS) is 12.5. The van der Waals surface area contributed by atoms with E-state index in [2.05, 4.69) is 24.0 Å². The lowest BCUT2D eigenvalue weighted by molar-refractivity contribution is -0.137. The molecular formula is C14H24N2O3. The number of hydrogen-bond acceptors (Lipinski definition) is 4. The first-order valence-electron chi connectivity index (χ1n) is 7.21. The maximum absolute atomic E-state index is 10.4. The molecule has 0 radical (unpaired) electrons. The molecule has 19 heavy (non-hydrogen) atoms. The third kappa shape index (κ3) is 5.85. The lowest BCUT2D eigenvalue weighted by Crippen LogP contribution is -1.97. The Bertz CT molecular complexity index is 377. The maximum atomic E-state index is 10.4. The van der Waals surface area contributed by atoms with Gasteiger partial charge in [-0.25, -0.2) is 0 Å². The molecule has 1 heterocycles. The molecule has 1 rings (SSSR count). The van der Waals surface area contributed by atoms with Crippen molar-refractivity contribution in [2.24, 2.45) is 0 Å². The summed E-state index contributed by atoms with van der Waals surface area (Å²) in [7, 11) is 0. The molecule has 0 amide bonds. The number of aryl methyl sites for hydroxylation is 1. The van der Waals surface area contributed by atoms with Gasteiger partial charge in [-0.1, -0.05) is 26.7 Å². The Labute approximate surface area is 114 Å². The number of unbranched alkanes of at least 4 members (excludes halogenated alkanes) is 2. The van der Waals surface area contributed by atoms with Crippen LogP contribution in [0.2, 0.25) is 0 Å². The van der Waals surface area contributed by atoms with E-state index in [0.29, 0.717) is 24.7 Å². The van der Waals surface area contributed by atoms with Crippen molar-refractivity contribution in [3.8, 4) is 0 Å². The smallest absolute Gasteiger partial charge is 0.303 e. The molecule has 0 fully saturated rings. The van der Waals surface area contributed by atoms with Crippen molar-refractivity contribution in [3.05, 3.63) is 11.8 Å². The number of carbonyl (C=O) groups is 1. The van der Waals surface area contributed by atoms with Crippen molar-refractivity contribution >= 4 is 5.97 Å². The zero-order valence-electron chi connectivity index (χ0n) is 11.9. The number of rotatable bonds is 10. The Hall–Kier alpha value is -1.39. The molecule has 0 bridgehead atoms. The maximum Gasteiger partial charge on any atom is 0.303 e. The second-order valence-electron chi connectivity index (χ2n) is 4.88. The fourth-order valence-electron chi connectivity index (χ4n) is 2.04. The molecule has 0 aromatic carbocycles. The summed E-state index contributed by atoms with van der Waals surface area (Å²) >= 11 is 0. The van der Waals surface area contributed by atoms with Crippen molar-refractivity contribution in [1.29, 1.82) is 0 Å². The Morgan fingerprint density at radius 3 is 2.68 bits per heavy atom. The van der Waals surface area contributed by atoms with Gasteiger partial charge in [-0.2, -0.15) is 0 Å². The SMILES string of the molecule is CCCCC(CC)c1nnc(CCCCC(=O)O)o1. The van der Waals surface area contributed by atoms with E-state index in [1.54, 1.807) is 0 Å². The van der Waals surface area contributed by atoms with Crippen LogP contribution < -0.4 is 0 Å². The van der Waals surface area contributed by atoms with Crippen LogP contribution in [0.15, 0.2) is 4.42 Å². The van der Waals surface area contributed by atoms with Crippen LogP contribution >= 0.6 is 0 Å². The van der Waals surface area contributed by atoms with Crippen molar-refractivity contribution in [1.82, 2.24) is 10.2 Å². The number of hydrogen-bond donors (Lipinski definition) is 1. The number of carboxylic acids is 1. The third-order valence-electron chi connectivity index (χ3n) is 3.26. The molecule has 5 heteroatoms. The second kappa shape index (κ2) is 8.67. The number of aromatic nitrogens is 2. The van der Waals surface area contributed by atoms with Gasteiger partial charge in [0.2, 0.25) is 11.8 Å². The van der Waals surface area contributed by atoms with Crippen molar-refractivity contribution in [2.75, 3.05) is 0 Å². The molecule has 0 aliphatic heterocycles. The monoisotopic (exact) mass is 268 g/mol. The van der Waals surface area contributed by atoms with Crippen molar-refractivity contribution < 1.29 is 14.3 Å². The molecule has 0 saturated carbocycles. The fourth-order valence-corrected chi connectivity index (χ4v) is 2.04. The first kappa shape index (κ1) is 15.7. The van der Waals surface area contributed by atoms with Crippen LogP contribution in [0.1, 0.15) is 76.5 Å². The van der Waals surface area contributed by atoms with Gasteiger partial charge < -0.3 is 9.52 Å². The molecular weight excluding hydrogens is 244 g/mol. The minimum atomic E-state index is -0.753. The zero-order valence-corrected chi connectivity index (χ0v) is 11.9. The molecule has 108 valence electrons. The number of nitrogens with zero attached hydrogens (tertiary/aromatic N) is 2. The first-order chi connectivity index (χ1) is 9.17. The average molecular weight is 268 g/mol. The molecule has 0 aliphatic carbocycles. The van der Waals surface area contributed by atoms with Crippen LogP contribution in [0.3, 0.4) is 0 Å². The minimum absolute atomic E-state index is 0.203. The zero-order chi connectivity index (χ0) is 14.1. The van der Waals surface area contributed by atoms with Crippen molar-refractivity contribution in [2.45, 2.75) is 71.1 Å². The Balaban J connectivity index is 2.39. The van der Waals surface area contributed by atoms with Crippen LogP contribution in [0.4, 0.5) is 0 Å². The lowest BCUT2D eigenvalue weighted by atomic mass is 10.00. The summed E-state index contributed by atoms with van der Waals surface area (Å²) in [5, 5.41) is 16.7. The summed E-state index contributed by atoms with van der Waals surface area (Å²) in [6, 6.07) is 0. The molecule has 1 unspecified atom stereocenters. The van der Waals surface area contributed by atoms with Gasteiger partial charge in [-0.15, -0.1) is 10.2 Å². The molecule has 1 aromatic rings. The van der Waals surface area contributed by atoms with E-state index in [1.165, 1.54) is 12.8 Å². The topological polar surface area (TPSA) is 76.2 Å². The summed E-state index contributed by atoms with van der Waals surface area (Å²) < 4.78 is 5.67. The molecule has 0 spiro atoms. The van der Waals surface area contributed by atoms with Crippen LogP contribution in [0.5, 0.6) is 0 Å². The highest BCUT2D eigenvalue weighted by atomic mass is 16.4. The summed E-state index contributed by atoms with van der Waals surface area (Å²) in [6.07, 6.45) is 6.76. The summed E-state index contributed by atoms with van der Waals surface area (Å²) in [5.41, 5.74) is 0. The highest BCUT2D eigenvalue weighted by Crippen LogP contribution is 2.24. The Kier molecular flexibility index (Phi) is 7.15. The average Bonchev–Trinajstić information content (AvgIpc) is 2.84. The van der Waals surface area contributed by atoms with E-state index in [4.69, 9.17) is 9.52 Å². The number of aliphatic carboxylic acids is 1. The van der Waals surface area contributed by atoms with Gasteiger partial charge in [0.05, 0.1) is 0 Å². The summed E-state index contributed by atoms with van der Waals surface area (Å²) in [6.45, 7) is 4.31. The van der Waals surface area contributed by atoms with Gasteiger partial charge >= 0.3 is 5.97 Å². The summed E-state index contributed by atoms with van der Waals surface area (Å²) in [4.78, 5) is 10.4. The van der Waals surface area contributed by atoms with Crippen LogP contribution in [-0.2, 0) is 11.2 Å². The van der Waals surface area contributed by atoms with Crippen molar-refractivity contribution in [3.63, 3.8) is 0 Å². The molecule has 0 aliphatic rings. The van der Waals surface area contributed by atoms with E-state index in [1.807, 2.05) is 0 Å². The fraction of sp³-hybridized carbons (Fsp3) is 0.786. The van der Waals surface area contributed by atoms with Gasteiger partial charge in [0.1, 0.15) is 0 Å². The van der Waals surface area contributed by atoms with Gasteiger partial charge in [0.15, 0.2) is 0 Å². The van der Waals surface area contributed by atoms with Gasteiger partial charge in [0, 0.05) is 18.8 Å². The van der Waals surface area contributed by atoms with Crippen LogP contribution in [0, 0.1) is 0 Å². The molecule has 1 atom stereocenters. The van der Waals surface area contributed by atoms with E-state index in [0.717, 1.165) is 25.2 Å². The molecule has 1 aromatic heterocycles. The standard InChI is InChI=1S/C14H24N2O3/c1-3-5-8-11(4-2)14-16-15-12(19-14)9-6-7-10-13(17)18/h11H,3-10H2,1-2H3,(H,17,18). The predicted octanol–water partition coefficient (Wildman–Crippen LogP) is 3.55. The Morgan fingerprint density at radius 1 is 1.26 bits per heavy atom. The van der Waals surface area contributed by atoms with Gasteiger partial charge in [-0.3, -0.25) is 4.79 Å². The number of carboxylic acid groups (broad SMARTS) is 1. The molecule has 5 nitrogen and oxygen atoms in total. The highest BCUT2D eigenvalue weighted by molar-refractivity contribution is 5.66. The quantitative estimate of drug-likeness (QED) is 0.657. The van der Waals surface area contributed by atoms with Crippen LogP contribution in [0.25, 0.3) is 0 Å². The van der Waals surface area contributed by atoms with Gasteiger partial charge in [-0.05, 0) is 25.7 Å². The third-order valence-corrected chi connectivity index (χ3v) is 3.26.